The number of aliphatic hydroxyl groups is 4. The number of carbonyl (C=O) groups is 5. The SMILES string of the molecule is CO[C@H]1C[C@@H]2CC[C@@H](C)[C@@](O)(O2)C(=O)C(=O)N2CCCC[C@H]2C(=O)O[C@H]([C@H](C)C[C@@H]2CC[C@@H](OC(=S)NCc3cnc(N4CCN(C(=O)CCOCCN5CCN(c6ncc(C)cn6)CC5)CC4)nc3)[C@H](OC)C2)C[C@@H](O)[C@H](C)/C=C(\C)[C@@H](O)[C@@H](O)C(=O)[C@H](C)C[C@H](C)/C=C/C=CC=C1C. The number of nitrogens with zero attached hydrogens (tertiary/aromatic N) is 9. The highest BCUT2D eigenvalue weighted by Crippen LogP contribution is 2.39. The number of hydrogen-bond acceptors (Lipinski definition) is 23. The second-order valence-corrected chi connectivity index (χ2v) is 29.2. The van der Waals surface area contributed by atoms with Gasteiger partial charge in [0, 0.05) is 147 Å². The number of aliphatic hydroxyl groups excluding tert-OH is 3. The van der Waals surface area contributed by atoms with Gasteiger partial charge >= 0.3 is 5.97 Å². The molecule has 1 saturated carbocycles. The van der Waals surface area contributed by atoms with E-state index in [1.165, 1.54) is 4.90 Å². The summed E-state index contributed by atoms with van der Waals surface area (Å²) in [6.45, 7) is 22.5. The summed E-state index contributed by atoms with van der Waals surface area (Å²) in [6.07, 6.45) is 16.7. The lowest BCUT2D eigenvalue weighted by Gasteiger charge is -2.43. The van der Waals surface area contributed by atoms with E-state index in [0.717, 1.165) is 55.4 Å². The van der Waals surface area contributed by atoms with Crippen molar-refractivity contribution in [1.29, 1.82) is 0 Å². The number of rotatable bonds is 16. The Kier molecular flexibility index (Phi) is 30.5. The Bertz CT molecular complexity index is 3130. The molecule has 2 amide bonds. The largest absolute Gasteiger partial charge is 0.465 e. The molecule has 5 fully saturated rings. The van der Waals surface area contributed by atoms with Crippen molar-refractivity contribution in [3.05, 3.63) is 83.5 Å². The molecule has 5 N–H and O–H groups in total. The number of ether oxygens (including phenoxy) is 6. The van der Waals surface area contributed by atoms with E-state index >= 15 is 0 Å². The van der Waals surface area contributed by atoms with Crippen molar-refractivity contribution in [3.63, 3.8) is 0 Å². The Morgan fingerprint density at radius 2 is 1.43 bits per heavy atom. The molecule has 25 nitrogen and oxygen atoms in total. The van der Waals surface area contributed by atoms with E-state index in [1.54, 1.807) is 60.4 Å². The number of carbonyl (C=O) groups excluding carboxylic acids is 5. The van der Waals surface area contributed by atoms with Crippen LogP contribution in [0.4, 0.5) is 11.9 Å². The number of cyclic esters (lactones) is 1. The van der Waals surface area contributed by atoms with Gasteiger partial charge in [0.15, 0.2) is 5.78 Å². The number of Topliss-reactive ketones (excluding diaryl/α,β-unsaturated/α-hetero) is 2. The van der Waals surface area contributed by atoms with Crippen LogP contribution in [-0.4, -0.2) is 243 Å². The van der Waals surface area contributed by atoms with Crippen LogP contribution < -0.4 is 15.1 Å². The van der Waals surface area contributed by atoms with Crippen LogP contribution in [0, 0.1) is 42.4 Å². The van der Waals surface area contributed by atoms with E-state index in [9.17, 15) is 44.4 Å². The van der Waals surface area contributed by atoms with E-state index in [4.69, 9.17) is 40.6 Å². The molecule has 5 aliphatic heterocycles. The molecule has 0 unspecified atom stereocenters. The van der Waals surface area contributed by atoms with Crippen LogP contribution in [0.3, 0.4) is 0 Å². The normalized spacial score (nSPS) is 32.2. The van der Waals surface area contributed by atoms with Crippen molar-refractivity contribution < 1.29 is 72.8 Å². The average molecular weight is 1410 g/mol. The molecule has 0 spiro atoms. The summed E-state index contributed by atoms with van der Waals surface area (Å²) in [4.78, 5) is 98.4. The van der Waals surface area contributed by atoms with Crippen LogP contribution in [0.1, 0.15) is 143 Å². The number of hydrogen-bond donors (Lipinski definition) is 5. The fourth-order valence-corrected chi connectivity index (χ4v) is 14.8. The third-order valence-electron chi connectivity index (χ3n) is 21.1. The lowest BCUT2D eigenvalue weighted by Crippen LogP contribution is -2.61. The van der Waals surface area contributed by atoms with E-state index in [0.29, 0.717) is 123 Å². The van der Waals surface area contributed by atoms with Crippen LogP contribution in [-0.2, 0) is 58.9 Å². The van der Waals surface area contributed by atoms with E-state index in [1.807, 2.05) is 75.4 Å². The molecule has 100 heavy (non-hydrogen) atoms. The minimum Gasteiger partial charge on any atom is -0.465 e. The molecule has 2 bridgehead atoms. The number of piperidine rings is 1. The first-order valence-corrected chi connectivity index (χ1v) is 36.7. The van der Waals surface area contributed by atoms with Crippen LogP contribution in [0.5, 0.6) is 0 Å². The van der Waals surface area contributed by atoms with Gasteiger partial charge in [0.1, 0.15) is 30.5 Å². The Morgan fingerprint density at radius 3 is 2.11 bits per heavy atom. The molecule has 7 heterocycles. The predicted molar refractivity (Wildman–Crippen MR) is 381 cm³/mol. The lowest BCUT2D eigenvalue weighted by atomic mass is 9.78. The highest BCUT2D eigenvalue weighted by Gasteiger charge is 2.53. The Labute approximate surface area is 596 Å². The van der Waals surface area contributed by atoms with Gasteiger partial charge in [-0.15, -0.1) is 0 Å². The number of ketones is 2. The summed E-state index contributed by atoms with van der Waals surface area (Å²) in [5, 5.41) is 50.1. The summed E-state index contributed by atoms with van der Waals surface area (Å²) in [5.41, 5.74) is 2.98. The molecule has 16 atom stereocenters. The first-order chi connectivity index (χ1) is 47.8. The second kappa shape index (κ2) is 38.4. The summed E-state index contributed by atoms with van der Waals surface area (Å²) < 4.78 is 36.8. The van der Waals surface area contributed by atoms with Gasteiger partial charge < -0.3 is 73.8 Å². The molecule has 26 heteroatoms. The Balaban J connectivity index is 0.843. The van der Waals surface area contributed by atoms with E-state index < -0.39 is 89.6 Å². The minimum absolute atomic E-state index is 0.0514. The molecular formula is C74H112N10O15S. The number of esters is 1. The van der Waals surface area contributed by atoms with Gasteiger partial charge in [0.2, 0.25) is 23.6 Å². The number of amides is 2. The highest BCUT2D eigenvalue weighted by atomic mass is 32.1. The quantitative estimate of drug-likeness (QED) is 0.0412. The molecule has 8 rings (SSSR count). The van der Waals surface area contributed by atoms with Gasteiger partial charge in [-0.05, 0) is 132 Å². The Morgan fingerprint density at radius 1 is 0.750 bits per heavy atom. The Hall–Kier alpha value is -6.20. The standard InChI is InChI=1S/C74H112N10O15S/c1-47-16-12-11-13-17-49(3)61(94-9)40-57-21-19-54(8)74(93,99-57)68(90)69(91)84-24-15-14-18-58(84)70(92)97-62(41-59(85)50(4)37-53(7)66(88)67(89)65(87)52(6)36-47)51(5)38-55-20-22-60(63(39-55)95-10)98-73(100)79-46-56-44-77-72(78-45-56)83-31-29-81(30-32-83)64(86)23-34-96-35-33-80-25-27-82(28-26-80)71-75-42-48(2)43-76-71/h11-13,16-17,37,42-45,47,50-52,54-55,57-63,66-67,85,88-89,93H,14-15,18-36,38-41,46H2,1-10H3,(H,79,100)/b13-11?,16-12+,49-17?,53-37+/t47-,50-,51-,52-,54-,55+,57+,58+,59-,60-,61+,62+,63-,66-,67+,74-/m1/s1. The van der Waals surface area contributed by atoms with Gasteiger partial charge in [0.05, 0.1) is 44.1 Å². The summed E-state index contributed by atoms with van der Waals surface area (Å²) in [7, 11) is 3.20. The number of anilines is 2. The van der Waals surface area contributed by atoms with Gasteiger partial charge in [0.25, 0.3) is 16.9 Å². The molecule has 2 aromatic heterocycles. The van der Waals surface area contributed by atoms with Crippen molar-refractivity contribution in [2.45, 2.75) is 206 Å². The topological polar surface area (TPSA) is 301 Å². The van der Waals surface area contributed by atoms with Gasteiger partial charge in [-0.1, -0.05) is 71.1 Å². The number of aromatic nitrogens is 4. The van der Waals surface area contributed by atoms with Gasteiger partial charge in [-0.25, -0.2) is 24.7 Å². The first-order valence-electron chi connectivity index (χ1n) is 36.3. The number of aryl methyl sites for hydroxylation is 1. The van der Waals surface area contributed by atoms with E-state index in [2.05, 4.69) is 40.0 Å². The third-order valence-corrected chi connectivity index (χ3v) is 21.4. The molecule has 0 radical (unpaired) electrons. The van der Waals surface area contributed by atoms with Crippen molar-refractivity contribution in [2.75, 3.05) is 103 Å². The molecule has 1 aliphatic carbocycles. The van der Waals surface area contributed by atoms with Crippen LogP contribution in [0.2, 0.25) is 0 Å². The zero-order valence-electron chi connectivity index (χ0n) is 60.5. The summed E-state index contributed by atoms with van der Waals surface area (Å²) in [5.74, 6) is -6.83. The smallest absolute Gasteiger partial charge is 0.329 e. The van der Waals surface area contributed by atoms with Crippen molar-refractivity contribution >= 4 is 58.6 Å². The number of methoxy groups -OCH3 is 2. The lowest BCUT2D eigenvalue weighted by molar-refractivity contribution is -0.265. The van der Waals surface area contributed by atoms with Crippen molar-refractivity contribution in [1.82, 2.24) is 40.0 Å². The number of thiocarbonyl (C=S) groups is 1. The zero-order chi connectivity index (χ0) is 72.2. The van der Waals surface area contributed by atoms with Crippen LogP contribution in [0.15, 0.2) is 72.4 Å². The average Bonchev–Trinajstić information content (AvgIpc) is 0.773. The fraction of sp³-hybridized carbons (Fsp3) is 0.703. The maximum atomic E-state index is 14.8. The summed E-state index contributed by atoms with van der Waals surface area (Å²) >= 11 is 5.71. The molecule has 0 aromatic carbocycles. The second-order valence-electron chi connectivity index (χ2n) is 28.8. The van der Waals surface area contributed by atoms with Crippen molar-refractivity contribution in [3.8, 4) is 0 Å². The zero-order valence-corrected chi connectivity index (χ0v) is 61.3. The number of piperazine rings is 2. The molecular weight excluding hydrogens is 1300 g/mol. The summed E-state index contributed by atoms with van der Waals surface area (Å²) in [6, 6.07) is -1.17. The van der Waals surface area contributed by atoms with Crippen molar-refractivity contribution in [2.24, 2.45) is 35.5 Å². The minimum atomic E-state index is -2.46. The van der Waals surface area contributed by atoms with Gasteiger partial charge in [-0.2, -0.15) is 0 Å². The number of fused-ring (bicyclic) bond motifs is 3. The number of nitrogens with one attached hydrogen (secondary N) is 1. The first kappa shape index (κ1) is 79.5. The molecule has 4 saturated heterocycles. The highest BCUT2D eigenvalue weighted by molar-refractivity contribution is 7.80. The van der Waals surface area contributed by atoms with Crippen LogP contribution in [0.25, 0.3) is 0 Å². The predicted octanol–water partition coefficient (Wildman–Crippen LogP) is 6.18. The number of allylic oxidation sites excluding steroid dienone is 5. The fourth-order valence-electron chi connectivity index (χ4n) is 14.6. The maximum Gasteiger partial charge on any atom is 0.329 e. The maximum absolute atomic E-state index is 14.8. The van der Waals surface area contributed by atoms with E-state index in [-0.39, 0.29) is 66.0 Å². The monoisotopic (exact) mass is 1410 g/mol. The molecule has 554 valence electrons. The molecule has 6 aliphatic rings. The third kappa shape index (κ3) is 22.2. The molecule has 2 aromatic rings. The van der Waals surface area contributed by atoms with Gasteiger partial charge in [-0.3, -0.25) is 24.1 Å². The van der Waals surface area contributed by atoms with Crippen LogP contribution >= 0.6 is 12.2 Å².